The van der Waals surface area contributed by atoms with E-state index in [0.29, 0.717) is 12.3 Å². The number of rotatable bonds is 5. The summed E-state index contributed by atoms with van der Waals surface area (Å²) in [6.45, 7) is 4.42. The molecule has 3 nitrogen and oxygen atoms in total. The van der Waals surface area contributed by atoms with E-state index < -0.39 is 0 Å². The summed E-state index contributed by atoms with van der Waals surface area (Å²) in [5.41, 5.74) is 2.04. The lowest BCUT2D eigenvalue weighted by molar-refractivity contribution is 0.687. The predicted molar refractivity (Wildman–Crippen MR) is 107 cm³/mol. The molecule has 0 fully saturated rings. The zero-order valence-electron chi connectivity index (χ0n) is 13.5. The lowest BCUT2D eigenvalue weighted by atomic mass is 10.2. The molecule has 0 saturated carbocycles. The van der Waals surface area contributed by atoms with Gasteiger partial charge in [-0.2, -0.15) is 0 Å². The summed E-state index contributed by atoms with van der Waals surface area (Å²) in [4.78, 5) is 4.66. The van der Waals surface area contributed by atoms with Crippen molar-refractivity contribution in [2.24, 2.45) is 0 Å². The Balaban J connectivity index is 1.74. The predicted octanol–water partition coefficient (Wildman–Crippen LogP) is 5.04. The third kappa shape index (κ3) is 4.85. The van der Waals surface area contributed by atoms with Crippen molar-refractivity contribution in [3.05, 3.63) is 77.3 Å². The molecule has 0 bridgehead atoms. The molecule has 3 aromatic rings. The van der Waals surface area contributed by atoms with E-state index in [1.54, 1.807) is 0 Å². The van der Waals surface area contributed by atoms with Gasteiger partial charge >= 0.3 is 0 Å². The van der Waals surface area contributed by atoms with Crippen molar-refractivity contribution in [2.45, 2.75) is 11.7 Å². The highest BCUT2D eigenvalue weighted by atomic mass is 79.9. The second kappa shape index (κ2) is 8.70. The van der Waals surface area contributed by atoms with E-state index in [1.165, 1.54) is 11.8 Å². The molecule has 0 spiro atoms. The minimum absolute atomic E-state index is 0.620. The van der Waals surface area contributed by atoms with Gasteiger partial charge in [-0.1, -0.05) is 75.9 Å². The Morgan fingerprint density at radius 1 is 1.12 bits per heavy atom. The molecule has 0 unspecified atom stereocenters. The van der Waals surface area contributed by atoms with Crippen LogP contribution in [0, 0.1) is 11.8 Å². The number of thioether (sulfide) groups is 1. The Morgan fingerprint density at radius 2 is 1.88 bits per heavy atom. The summed E-state index contributed by atoms with van der Waals surface area (Å²) < 4.78 is 2.90. The van der Waals surface area contributed by atoms with Gasteiger partial charge < -0.3 is 0 Å². The van der Waals surface area contributed by atoms with E-state index in [2.05, 4.69) is 44.4 Å². The fourth-order valence-electron chi connectivity index (χ4n) is 2.20. The molecule has 2 aromatic carbocycles. The van der Waals surface area contributed by atoms with Crippen molar-refractivity contribution in [1.29, 1.82) is 0 Å². The quantitative estimate of drug-likeness (QED) is 0.336. The number of hydrogen-bond acceptors (Lipinski definition) is 3. The number of benzene rings is 2. The Bertz CT molecular complexity index is 906. The van der Waals surface area contributed by atoms with Crippen LogP contribution in [-0.4, -0.2) is 20.5 Å². The number of nitrogens with zero attached hydrogens (tertiary/aromatic N) is 3. The Labute approximate surface area is 160 Å². The van der Waals surface area contributed by atoms with Crippen molar-refractivity contribution in [3.63, 3.8) is 0 Å². The SMILES string of the molecule is C=CCn1nc(SCC#Cc2ccccc2)nc1-c1ccc(Br)cc1. The highest BCUT2D eigenvalue weighted by Crippen LogP contribution is 2.23. The van der Waals surface area contributed by atoms with Crippen LogP contribution in [0.4, 0.5) is 0 Å². The van der Waals surface area contributed by atoms with Gasteiger partial charge in [0.05, 0.1) is 12.3 Å². The van der Waals surface area contributed by atoms with Crippen LogP contribution in [0.3, 0.4) is 0 Å². The molecule has 0 aliphatic carbocycles. The third-order valence-electron chi connectivity index (χ3n) is 3.34. The average molecular weight is 410 g/mol. The highest BCUT2D eigenvalue weighted by molar-refractivity contribution is 9.10. The van der Waals surface area contributed by atoms with Crippen molar-refractivity contribution in [1.82, 2.24) is 14.8 Å². The van der Waals surface area contributed by atoms with Crippen LogP contribution >= 0.6 is 27.7 Å². The van der Waals surface area contributed by atoms with Gasteiger partial charge in [-0.15, -0.1) is 11.7 Å². The third-order valence-corrected chi connectivity index (χ3v) is 4.59. The van der Waals surface area contributed by atoms with Crippen LogP contribution in [0.25, 0.3) is 11.4 Å². The van der Waals surface area contributed by atoms with Gasteiger partial charge in [-0.3, -0.25) is 0 Å². The largest absolute Gasteiger partial charge is 0.241 e. The summed E-state index contributed by atoms with van der Waals surface area (Å²) in [6, 6.07) is 18.0. The molecule has 1 heterocycles. The van der Waals surface area contributed by atoms with Gasteiger partial charge in [-0.25, -0.2) is 9.67 Å². The first-order chi connectivity index (χ1) is 12.3. The van der Waals surface area contributed by atoms with E-state index in [1.807, 2.05) is 65.4 Å². The molecule has 0 aliphatic rings. The first-order valence-corrected chi connectivity index (χ1v) is 9.52. The van der Waals surface area contributed by atoms with Crippen molar-refractivity contribution in [2.75, 3.05) is 5.75 Å². The van der Waals surface area contributed by atoms with Crippen LogP contribution in [0.2, 0.25) is 0 Å². The molecule has 124 valence electrons. The summed E-state index contributed by atoms with van der Waals surface area (Å²) in [6.07, 6.45) is 1.82. The molecular weight excluding hydrogens is 394 g/mol. The highest BCUT2D eigenvalue weighted by Gasteiger charge is 2.11. The van der Waals surface area contributed by atoms with Crippen LogP contribution in [-0.2, 0) is 6.54 Å². The summed E-state index contributed by atoms with van der Waals surface area (Å²) >= 11 is 4.99. The van der Waals surface area contributed by atoms with Gasteiger partial charge in [0.15, 0.2) is 5.82 Å². The van der Waals surface area contributed by atoms with Crippen molar-refractivity contribution >= 4 is 27.7 Å². The van der Waals surface area contributed by atoms with Gasteiger partial charge in [0, 0.05) is 15.6 Å². The molecule has 0 N–H and O–H groups in total. The van der Waals surface area contributed by atoms with Gasteiger partial charge in [-0.05, 0) is 24.3 Å². The van der Waals surface area contributed by atoms with Crippen LogP contribution in [0.15, 0.2) is 76.9 Å². The Hall–Kier alpha value is -2.29. The van der Waals surface area contributed by atoms with E-state index >= 15 is 0 Å². The van der Waals surface area contributed by atoms with Crippen molar-refractivity contribution < 1.29 is 0 Å². The zero-order chi connectivity index (χ0) is 17.5. The average Bonchev–Trinajstić information content (AvgIpc) is 3.03. The summed E-state index contributed by atoms with van der Waals surface area (Å²) in [5, 5.41) is 5.29. The molecule has 0 atom stereocenters. The number of hydrogen-bond donors (Lipinski definition) is 0. The van der Waals surface area contributed by atoms with Gasteiger partial charge in [0.1, 0.15) is 0 Å². The lowest BCUT2D eigenvalue weighted by Crippen LogP contribution is -2.00. The normalized spacial score (nSPS) is 10.1. The molecule has 3 rings (SSSR count). The smallest absolute Gasteiger partial charge is 0.209 e. The van der Waals surface area contributed by atoms with Crippen LogP contribution in [0.5, 0.6) is 0 Å². The maximum atomic E-state index is 4.66. The van der Waals surface area contributed by atoms with Crippen LogP contribution < -0.4 is 0 Å². The number of halogens is 1. The summed E-state index contributed by atoms with van der Waals surface area (Å²) in [5.74, 6) is 7.78. The Kier molecular flexibility index (Phi) is 6.10. The molecule has 0 saturated heterocycles. The van der Waals surface area contributed by atoms with E-state index in [4.69, 9.17) is 0 Å². The number of aromatic nitrogens is 3. The molecule has 0 amide bonds. The van der Waals surface area contributed by atoms with Gasteiger partial charge in [0.25, 0.3) is 0 Å². The summed E-state index contributed by atoms with van der Waals surface area (Å²) in [7, 11) is 0. The maximum absolute atomic E-state index is 4.66. The topological polar surface area (TPSA) is 30.7 Å². The second-order valence-electron chi connectivity index (χ2n) is 5.15. The molecular formula is C20H16BrN3S. The lowest BCUT2D eigenvalue weighted by Gasteiger charge is -2.02. The fourth-order valence-corrected chi connectivity index (χ4v) is 3.05. The van der Waals surface area contributed by atoms with E-state index in [0.717, 1.165) is 26.6 Å². The van der Waals surface area contributed by atoms with Crippen molar-refractivity contribution in [3.8, 4) is 23.2 Å². The first kappa shape index (κ1) is 17.5. The molecule has 25 heavy (non-hydrogen) atoms. The number of allylic oxidation sites excluding steroid dienone is 1. The minimum atomic E-state index is 0.620. The monoisotopic (exact) mass is 409 g/mol. The zero-order valence-corrected chi connectivity index (χ0v) is 15.9. The first-order valence-electron chi connectivity index (χ1n) is 7.74. The standard InChI is InChI=1S/C20H16BrN3S/c1-2-14-24-19(17-10-12-18(21)13-11-17)22-20(23-24)25-15-6-9-16-7-4-3-5-8-16/h2-5,7-8,10-13H,1,14-15H2. The molecule has 0 radical (unpaired) electrons. The maximum Gasteiger partial charge on any atom is 0.209 e. The molecule has 0 aliphatic heterocycles. The van der Waals surface area contributed by atoms with Crippen LogP contribution in [0.1, 0.15) is 5.56 Å². The fraction of sp³-hybridized carbons (Fsp3) is 0.100. The second-order valence-corrected chi connectivity index (χ2v) is 7.01. The minimum Gasteiger partial charge on any atom is -0.241 e. The molecule has 1 aromatic heterocycles. The van der Waals surface area contributed by atoms with E-state index in [9.17, 15) is 0 Å². The molecule has 5 heteroatoms. The van der Waals surface area contributed by atoms with Gasteiger partial charge in [0.2, 0.25) is 5.16 Å². The Morgan fingerprint density at radius 3 is 2.60 bits per heavy atom. The van der Waals surface area contributed by atoms with E-state index in [-0.39, 0.29) is 0 Å².